The minimum absolute atomic E-state index is 0.0883. The summed E-state index contributed by atoms with van der Waals surface area (Å²) in [5.74, 6) is 1.79. The minimum atomic E-state index is -0.0883. The summed E-state index contributed by atoms with van der Waals surface area (Å²) in [6.07, 6.45) is 7.99. The SMILES string of the molecule is C[C@H](CCc1ccccc1F)NC[C@H]1CCc2nccn2C1. The zero-order valence-electron chi connectivity index (χ0n) is 13.1. The Balaban J connectivity index is 1.41. The van der Waals surface area contributed by atoms with Crippen LogP contribution in [0.15, 0.2) is 36.7 Å². The highest BCUT2D eigenvalue weighted by Crippen LogP contribution is 2.18. The van der Waals surface area contributed by atoms with E-state index in [4.69, 9.17) is 0 Å². The maximum Gasteiger partial charge on any atom is 0.126 e. The molecule has 0 amide bonds. The van der Waals surface area contributed by atoms with Crippen molar-refractivity contribution in [1.82, 2.24) is 14.9 Å². The molecule has 4 heteroatoms. The van der Waals surface area contributed by atoms with Gasteiger partial charge in [0, 0.05) is 31.4 Å². The van der Waals surface area contributed by atoms with Crippen LogP contribution in [0.5, 0.6) is 0 Å². The molecule has 118 valence electrons. The summed E-state index contributed by atoms with van der Waals surface area (Å²) in [5, 5.41) is 3.61. The molecule has 0 aliphatic carbocycles. The van der Waals surface area contributed by atoms with Crippen molar-refractivity contribution < 1.29 is 4.39 Å². The Hall–Kier alpha value is -1.68. The van der Waals surface area contributed by atoms with Gasteiger partial charge in [0.1, 0.15) is 11.6 Å². The van der Waals surface area contributed by atoms with Crippen molar-refractivity contribution in [3.05, 3.63) is 53.9 Å². The fourth-order valence-corrected chi connectivity index (χ4v) is 3.15. The maximum atomic E-state index is 13.6. The zero-order valence-corrected chi connectivity index (χ0v) is 13.1. The fourth-order valence-electron chi connectivity index (χ4n) is 3.15. The molecule has 1 aromatic heterocycles. The predicted molar refractivity (Wildman–Crippen MR) is 86.2 cm³/mol. The van der Waals surface area contributed by atoms with Gasteiger partial charge in [-0.3, -0.25) is 0 Å². The molecule has 1 aromatic carbocycles. The normalized spacial score (nSPS) is 18.9. The van der Waals surface area contributed by atoms with E-state index in [1.165, 1.54) is 18.3 Å². The van der Waals surface area contributed by atoms with E-state index in [2.05, 4.69) is 28.0 Å². The molecule has 0 spiro atoms. The van der Waals surface area contributed by atoms with Gasteiger partial charge in [-0.1, -0.05) is 18.2 Å². The van der Waals surface area contributed by atoms with Gasteiger partial charge in [-0.25, -0.2) is 9.37 Å². The topological polar surface area (TPSA) is 29.9 Å². The van der Waals surface area contributed by atoms with Crippen LogP contribution in [0.3, 0.4) is 0 Å². The molecule has 1 aliphatic heterocycles. The van der Waals surface area contributed by atoms with Crippen molar-refractivity contribution in [3.63, 3.8) is 0 Å². The average molecular weight is 301 g/mol. The lowest BCUT2D eigenvalue weighted by Crippen LogP contribution is -2.35. The average Bonchev–Trinajstić information content (AvgIpc) is 2.99. The second-order valence-corrected chi connectivity index (χ2v) is 6.34. The van der Waals surface area contributed by atoms with Crippen LogP contribution in [-0.4, -0.2) is 22.1 Å². The molecule has 2 atom stereocenters. The summed E-state index contributed by atoms with van der Waals surface area (Å²) in [6.45, 7) is 4.27. The second kappa shape index (κ2) is 7.05. The number of rotatable bonds is 6. The van der Waals surface area contributed by atoms with Crippen molar-refractivity contribution >= 4 is 0 Å². The number of nitrogens with zero attached hydrogens (tertiary/aromatic N) is 2. The van der Waals surface area contributed by atoms with E-state index in [0.717, 1.165) is 37.9 Å². The molecule has 22 heavy (non-hydrogen) atoms. The molecule has 0 unspecified atom stereocenters. The maximum absolute atomic E-state index is 13.6. The lowest BCUT2D eigenvalue weighted by atomic mass is 9.98. The van der Waals surface area contributed by atoms with E-state index < -0.39 is 0 Å². The first-order valence-corrected chi connectivity index (χ1v) is 8.19. The Morgan fingerprint density at radius 3 is 3.14 bits per heavy atom. The van der Waals surface area contributed by atoms with Crippen LogP contribution in [0.4, 0.5) is 4.39 Å². The van der Waals surface area contributed by atoms with Gasteiger partial charge in [0.05, 0.1) is 0 Å². The summed E-state index contributed by atoms with van der Waals surface area (Å²) in [5.41, 5.74) is 0.817. The van der Waals surface area contributed by atoms with E-state index in [-0.39, 0.29) is 5.82 Å². The Morgan fingerprint density at radius 2 is 2.27 bits per heavy atom. The van der Waals surface area contributed by atoms with Crippen molar-refractivity contribution in [1.29, 1.82) is 0 Å². The van der Waals surface area contributed by atoms with Crippen LogP contribution < -0.4 is 5.32 Å². The third kappa shape index (κ3) is 3.74. The van der Waals surface area contributed by atoms with Gasteiger partial charge in [-0.2, -0.15) is 0 Å². The van der Waals surface area contributed by atoms with Crippen molar-refractivity contribution in [2.45, 2.75) is 45.2 Å². The lowest BCUT2D eigenvalue weighted by Gasteiger charge is -2.25. The minimum Gasteiger partial charge on any atom is -0.335 e. The summed E-state index contributed by atoms with van der Waals surface area (Å²) < 4.78 is 15.9. The smallest absolute Gasteiger partial charge is 0.126 e. The largest absolute Gasteiger partial charge is 0.335 e. The van der Waals surface area contributed by atoms with Gasteiger partial charge in [-0.05, 0) is 50.3 Å². The van der Waals surface area contributed by atoms with E-state index in [1.54, 1.807) is 6.07 Å². The predicted octanol–water partition coefficient (Wildman–Crippen LogP) is 3.20. The number of aryl methyl sites for hydroxylation is 2. The van der Waals surface area contributed by atoms with E-state index in [9.17, 15) is 4.39 Å². The van der Waals surface area contributed by atoms with Crippen LogP contribution in [0, 0.1) is 11.7 Å². The van der Waals surface area contributed by atoms with Crippen LogP contribution >= 0.6 is 0 Å². The zero-order chi connectivity index (χ0) is 15.4. The Morgan fingerprint density at radius 1 is 1.41 bits per heavy atom. The van der Waals surface area contributed by atoms with Crippen LogP contribution in [0.2, 0.25) is 0 Å². The van der Waals surface area contributed by atoms with Gasteiger partial charge in [0.2, 0.25) is 0 Å². The third-order valence-electron chi connectivity index (χ3n) is 4.59. The Kier molecular flexibility index (Phi) is 4.88. The first kappa shape index (κ1) is 15.2. The van der Waals surface area contributed by atoms with Crippen molar-refractivity contribution in [2.75, 3.05) is 6.54 Å². The highest BCUT2D eigenvalue weighted by atomic mass is 19.1. The van der Waals surface area contributed by atoms with Gasteiger partial charge in [0.25, 0.3) is 0 Å². The van der Waals surface area contributed by atoms with Crippen LogP contribution in [-0.2, 0) is 19.4 Å². The standard InChI is InChI=1S/C18H24FN3/c1-14(6-8-16-4-2-3-5-17(16)19)21-12-15-7-9-18-20-10-11-22(18)13-15/h2-5,10-11,14-15,21H,6-9,12-13H2,1H3/t14-,15-/m1/s1. The summed E-state index contributed by atoms with van der Waals surface area (Å²) in [6, 6.07) is 7.47. The molecule has 0 bridgehead atoms. The van der Waals surface area contributed by atoms with E-state index >= 15 is 0 Å². The highest BCUT2D eigenvalue weighted by molar-refractivity contribution is 5.17. The van der Waals surface area contributed by atoms with Crippen LogP contribution in [0.1, 0.15) is 31.2 Å². The fraction of sp³-hybridized carbons (Fsp3) is 0.500. The highest BCUT2D eigenvalue weighted by Gasteiger charge is 2.19. The molecule has 2 aromatic rings. The lowest BCUT2D eigenvalue weighted by molar-refractivity contribution is 0.331. The molecule has 0 saturated heterocycles. The van der Waals surface area contributed by atoms with Crippen molar-refractivity contribution in [2.24, 2.45) is 5.92 Å². The molecular weight excluding hydrogens is 277 g/mol. The molecule has 1 aliphatic rings. The van der Waals surface area contributed by atoms with Crippen LogP contribution in [0.25, 0.3) is 0 Å². The quantitative estimate of drug-likeness (QED) is 0.888. The number of benzene rings is 1. The molecule has 2 heterocycles. The number of nitrogens with one attached hydrogen (secondary N) is 1. The number of aromatic nitrogens is 2. The van der Waals surface area contributed by atoms with E-state index in [0.29, 0.717) is 12.0 Å². The van der Waals surface area contributed by atoms with Gasteiger partial charge in [0.15, 0.2) is 0 Å². The Labute approximate surface area is 131 Å². The van der Waals surface area contributed by atoms with Gasteiger partial charge in [-0.15, -0.1) is 0 Å². The summed E-state index contributed by atoms with van der Waals surface area (Å²) in [7, 11) is 0. The molecule has 0 saturated carbocycles. The number of fused-ring (bicyclic) bond motifs is 1. The first-order chi connectivity index (χ1) is 10.7. The molecule has 0 radical (unpaired) electrons. The number of hydrogen-bond donors (Lipinski definition) is 1. The number of imidazole rings is 1. The van der Waals surface area contributed by atoms with Crippen molar-refractivity contribution in [3.8, 4) is 0 Å². The van der Waals surface area contributed by atoms with Gasteiger partial charge >= 0.3 is 0 Å². The third-order valence-corrected chi connectivity index (χ3v) is 4.59. The molecule has 3 rings (SSSR count). The number of halogens is 1. The molecule has 1 N–H and O–H groups in total. The molecular formula is C18H24FN3. The molecule has 0 fully saturated rings. The van der Waals surface area contributed by atoms with E-state index in [1.807, 2.05) is 18.3 Å². The summed E-state index contributed by atoms with van der Waals surface area (Å²) in [4.78, 5) is 4.36. The monoisotopic (exact) mass is 301 g/mol. The summed E-state index contributed by atoms with van der Waals surface area (Å²) >= 11 is 0. The second-order valence-electron chi connectivity index (χ2n) is 6.34. The van der Waals surface area contributed by atoms with Gasteiger partial charge < -0.3 is 9.88 Å². The first-order valence-electron chi connectivity index (χ1n) is 8.19. The molecule has 3 nitrogen and oxygen atoms in total. The number of hydrogen-bond acceptors (Lipinski definition) is 2. The Bertz CT molecular complexity index is 608.